The smallest absolute Gasteiger partial charge is 0.137 e. The van der Waals surface area contributed by atoms with Crippen molar-refractivity contribution in [1.29, 1.82) is 0 Å². The molecule has 4 heteroatoms. The highest BCUT2D eigenvalue weighted by molar-refractivity contribution is 5.99. The van der Waals surface area contributed by atoms with Gasteiger partial charge in [0.25, 0.3) is 0 Å². The largest absolute Gasteiger partial charge is 0.369 e. The fraction of sp³-hybridized carbons (Fsp3) is 0.875. The fourth-order valence-electron chi connectivity index (χ4n) is 9.03. The standard InChI is InChI=1S/C16H16O4/c1-3(17)15-7-5-6-8(15)12-14(20-12)10(6)16(15,4(2)18)9(5)13-11(7)19-13/h5-14H,1-2H3/t5?,6?,7-,8-,9-,10+,11-,12-,13-,14-,15?,16?/m1/s1. The number of ketones is 2. The van der Waals surface area contributed by atoms with Crippen LogP contribution in [0.25, 0.3) is 0 Å². The van der Waals surface area contributed by atoms with Crippen molar-refractivity contribution in [3.05, 3.63) is 0 Å². The molecule has 6 aliphatic carbocycles. The molecule has 0 radical (unpaired) electrons. The summed E-state index contributed by atoms with van der Waals surface area (Å²) < 4.78 is 11.8. The van der Waals surface area contributed by atoms with Crippen LogP contribution in [0.15, 0.2) is 0 Å². The highest BCUT2D eigenvalue weighted by Crippen LogP contribution is 2.97. The maximum atomic E-state index is 12.8. The van der Waals surface area contributed by atoms with Gasteiger partial charge in [0.1, 0.15) is 11.6 Å². The maximum absolute atomic E-state index is 12.8. The highest BCUT2D eigenvalue weighted by atomic mass is 16.6. The predicted octanol–water partition coefficient (Wildman–Crippen LogP) is 0.437. The lowest BCUT2D eigenvalue weighted by molar-refractivity contribution is -0.158. The molecule has 2 heterocycles. The van der Waals surface area contributed by atoms with Crippen molar-refractivity contribution >= 4 is 11.6 Å². The molecule has 8 rings (SSSR count). The first-order valence-corrected chi connectivity index (χ1v) is 7.92. The highest BCUT2D eigenvalue weighted by Gasteiger charge is 3.03. The van der Waals surface area contributed by atoms with Gasteiger partial charge in [-0.3, -0.25) is 9.59 Å². The second kappa shape index (κ2) is 2.24. The van der Waals surface area contributed by atoms with Crippen molar-refractivity contribution in [3.8, 4) is 0 Å². The molecule has 0 aromatic carbocycles. The van der Waals surface area contributed by atoms with Crippen LogP contribution in [0.1, 0.15) is 13.8 Å². The zero-order chi connectivity index (χ0) is 13.3. The first kappa shape index (κ1) is 10.1. The molecule has 20 heavy (non-hydrogen) atoms. The van der Waals surface area contributed by atoms with Crippen molar-refractivity contribution in [1.82, 2.24) is 0 Å². The van der Waals surface area contributed by atoms with Crippen LogP contribution in [0.3, 0.4) is 0 Å². The van der Waals surface area contributed by atoms with Crippen molar-refractivity contribution < 1.29 is 19.1 Å². The van der Waals surface area contributed by atoms with Crippen molar-refractivity contribution in [3.63, 3.8) is 0 Å². The van der Waals surface area contributed by atoms with Crippen LogP contribution in [-0.2, 0) is 19.1 Å². The molecule has 8 bridgehead atoms. The second-order valence-electron chi connectivity index (χ2n) is 8.24. The van der Waals surface area contributed by atoms with E-state index in [1.165, 1.54) is 0 Å². The van der Waals surface area contributed by atoms with E-state index in [1.807, 2.05) is 0 Å². The van der Waals surface area contributed by atoms with E-state index in [0.717, 1.165) is 0 Å². The summed E-state index contributed by atoms with van der Waals surface area (Å²) in [7, 11) is 0. The van der Waals surface area contributed by atoms with E-state index < -0.39 is 10.8 Å². The Balaban J connectivity index is 1.64. The van der Waals surface area contributed by atoms with Crippen LogP contribution < -0.4 is 0 Å². The van der Waals surface area contributed by atoms with Gasteiger partial charge in [-0.25, -0.2) is 0 Å². The minimum Gasteiger partial charge on any atom is -0.369 e. The maximum Gasteiger partial charge on any atom is 0.137 e. The summed E-state index contributed by atoms with van der Waals surface area (Å²) >= 11 is 0. The summed E-state index contributed by atoms with van der Waals surface area (Å²) in [6.45, 7) is 3.46. The molecular formula is C16H16O4. The fourth-order valence-corrected chi connectivity index (χ4v) is 9.03. The molecule has 8 aliphatic rings. The van der Waals surface area contributed by atoms with Gasteiger partial charge in [0.2, 0.25) is 0 Å². The van der Waals surface area contributed by atoms with Gasteiger partial charge in [-0.1, -0.05) is 0 Å². The average Bonchev–Trinajstić information content (AvgIpc) is 3.17. The van der Waals surface area contributed by atoms with Crippen LogP contribution in [-0.4, -0.2) is 36.0 Å². The average molecular weight is 272 g/mol. The van der Waals surface area contributed by atoms with Crippen LogP contribution >= 0.6 is 0 Å². The summed E-state index contributed by atoms with van der Waals surface area (Å²) in [4.78, 5) is 25.6. The molecule has 4 nitrogen and oxygen atoms in total. The summed E-state index contributed by atoms with van der Waals surface area (Å²) in [5, 5.41) is 0. The molecule has 0 aromatic heterocycles. The summed E-state index contributed by atoms with van der Waals surface area (Å²) in [5.74, 6) is 2.98. The normalized spacial score (nSPS) is 77.9. The zero-order valence-corrected chi connectivity index (χ0v) is 11.4. The summed E-state index contributed by atoms with van der Waals surface area (Å²) in [6.07, 6.45) is 1.13. The van der Waals surface area contributed by atoms with Crippen molar-refractivity contribution in [2.75, 3.05) is 0 Å². The van der Waals surface area contributed by atoms with E-state index in [2.05, 4.69) is 0 Å². The van der Waals surface area contributed by atoms with E-state index in [1.54, 1.807) is 13.8 Å². The molecule has 0 spiro atoms. The van der Waals surface area contributed by atoms with E-state index >= 15 is 0 Å². The molecule has 2 aliphatic heterocycles. The molecule has 0 N–H and O–H groups in total. The van der Waals surface area contributed by atoms with Crippen LogP contribution in [0.4, 0.5) is 0 Å². The minimum atomic E-state index is -0.418. The Hall–Kier alpha value is -0.740. The summed E-state index contributed by atoms with van der Waals surface area (Å²) in [5.41, 5.74) is -0.836. The Morgan fingerprint density at radius 1 is 0.700 bits per heavy atom. The molecule has 4 unspecified atom stereocenters. The minimum absolute atomic E-state index is 0.253. The number of hydrogen-bond donors (Lipinski definition) is 0. The molecule has 8 fully saturated rings. The molecule has 2 saturated heterocycles. The number of rotatable bonds is 2. The van der Waals surface area contributed by atoms with Crippen LogP contribution in [0.2, 0.25) is 0 Å². The lowest BCUT2D eigenvalue weighted by atomic mass is 9.47. The SMILES string of the molecule is CC(=O)C12[C@@H]3C4C5[C@@H]1[C@H]1O[C@@H]1[C@H]5C2(C(C)=O)[C@H]4[C@H]1O[C@@H]13. The second-order valence-corrected chi connectivity index (χ2v) is 8.24. The predicted molar refractivity (Wildman–Crippen MR) is 64.5 cm³/mol. The van der Waals surface area contributed by atoms with E-state index in [-0.39, 0.29) is 36.0 Å². The topological polar surface area (TPSA) is 59.2 Å². The third kappa shape index (κ3) is 0.536. The number of carbonyl (C=O) groups is 2. The number of hydrogen-bond acceptors (Lipinski definition) is 4. The molecule has 12 atom stereocenters. The van der Waals surface area contributed by atoms with Gasteiger partial charge in [0.15, 0.2) is 0 Å². The van der Waals surface area contributed by atoms with Gasteiger partial charge >= 0.3 is 0 Å². The van der Waals surface area contributed by atoms with Gasteiger partial charge in [-0.2, -0.15) is 0 Å². The van der Waals surface area contributed by atoms with E-state index in [9.17, 15) is 9.59 Å². The van der Waals surface area contributed by atoms with Crippen LogP contribution in [0, 0.1) is 46.3 Å². The first-order chi connectivity index (χ1) is 9.59. The molecule has 0 aromatic rings. The number of fused-ring (bicyclic) bond motifs is 2. The van der Waals surface area contributed by atoms with Gasteiger partial charge in [-0.05, 0) is 25.7 Å². The van der Waals surface area contributed by atoms with Crippen molar-refractivity contribution in [2.24, 2.45) is 46.3 Å². The molecule has 6 saturated carbocycles. The number of epoxide rings is 2. The third-order valence-electron chi connectivity index (χ3n) is 8.59. The number of Topliss-reactive ketones (excluding diaryl/α,β-unsaturated/α-hetero) is 2. The van der Waals surface area contributed by atoms with Gasteiger partial charge < -0.3 is 9.47 Å². The summed E-state index contributed by atoms with van der Waals surface area (Å²) in [6, 6.07) is 0. The number of ether oxygens (including phenoxy) is 2. The van der Waals surface area contributed by atoms with E-state index in [0.29, 0.717) is 35.5 Å². The molecule has 104 valence electrons. The van der Waals surface area contributed by atoms with Crippen LogP contribution in [0.5, 0.6) is 0 Å². The molecular weight excluding hydrogens is 256 g/mol. The lowest BCUT2D eigenvalue weighted by Crippen LogP contribution is -2.61. The zero-order valence-electron chi connectivity index (χ0n) is 11.4. The Kier molecular flexibility index (Phi) is 1.13. The third-order valence-corrected chi connectivity index (χ3v) is 8.59. The molecule has 0 amide bonds. The lowest BCUT2D eigenvalue weighted by Gasteiger charge is -2.50. The van der Waals surface area contributed by atoms with E-state index in [4.69, 9.17) is 9.47 Å². The Labute approximate surface area is 116 Å². The van der Waals surface area contributed by atoms with Crippen molar-refractivity contribution in [2.45, 2.75) is 38.3 Å². The number of carbonyl (C=O) groups excluding carboxylic acids is 2. The first-order valence-electron chi connectivity index (χ1n) is 7.92. The Bertz CT molecular complexity index is 565. The van der Waals surface area contributed by atoms with Gasteiger partial charge in [0, 0.05) is 23.7 Å². The van der Waals surface area contributed by atoms with Gasteiger partial charge in [0.05, 0.1) is 35.2 Å². The quantitative estimate of drug-likeness (QED) is 0.684. The Morgan fingerprint density at radius 2 is 1.00 bits per heavy atom. The Morgan fingerprint density at radius 3 is 1.25 bits per heavy atom. The van der Waals surface area contributed by atoms with Gasteiger partial charge in [-0.15, -0.1) is 0 Å². The monoisotopic (exact) mass is 272 g/mol.